The van der Waals surface area contributed by atoms with Gasteiger partial charge < -0.3 is 10.6 Å². The second kappa shape index (κ2) is 7.21. The number of hydrogen-bond donors (Lipinski definition) is 2. The number of nitrogens with zero attached hydrogens (tertiary/aromatic N) is 1. The third-order valence-electron chi connectivity index (χ3n) is 2.79. The molecule has 6 nitrogen and oxygen atoms in total. The standard InChI is InChI=1S/C13H18ClN3O3/c1-8(2)6-12(15-3)13(18)16-11-5-4-9(17(19)20)7-10(11)14/h4-5,7-8,12,15H,6H2,1-3H3,(H,16,18). The number of likely N-dealkylation sites (N-methyl/N-ethyl adjacent to an activating group) is 1. The summed E-state index contributed by atoms with van der Waals surface area (Å²) in [5, 5.41) is 16.4. The fourth-order valence-electron chi connectivity index (χ4n) is 1.77. The summed E-state index contributed by atoms with van der Waals surface area (Å²) < 4.78 is 0. The number of hydrogen-bond acceptors (Lipinski definition) is 4. The first-order chi connectivity index (χ1) is 9.35. The zero-order chi connectivity index (χ0) is 15.3. The van der Waals surface area contributed by atoms with Crippen LogP contribution in [0, 0.1) is 16.0 Å². The summed E-state index contributed by atoms with van der Waals surface area (Å²) >= 11 is 5.93. The van der Waals surface area contributed by atoms with Crippen molar-refractivity contribution in [3.05, 3.63) is 33.3 Å². The Morgan fingerprint density at radius 1 is 1.45 bits per heavy atom. The van der Waals surface area contributed by atoms with Crippen LogP contribution in [0.5, 0.6) is 0 Å². The number of nitro benzene ring substituents is 1. The molecule has 0 fully saturated rings. The molecule has 2 N–H and O–H groups in total. The van der Waals surface area contributed by atoms with Crippen LogP contribution in [0.15, 0.2) is 18.2 Å². The molecule has 0 spiro atoms. The van der Waals surface area contributed by atoms with Crippen LogP contribution in [-0.4, -0.2) is 23.9 Å². The van der Waals surface area contributed by atoms with Crippen molar-refractivity contribution in [1.29, 1.82) is 0 Å². The molecule has 1 aromatic rings. The number of nitro groups is 1. The second-order valence-electron chi connectivity index (χ2n) is 4.88. The van der Waals surface area contributed by atoms with Crippen molar-refractivity contribution in [3.8, 4) is 0 Å². The number of amides is 1. The maximum atomic E-state index is 12.1. The van der Waals surface area contributed by atoms with Crippen molar-refractivity contribution in [2.45, 2.75) is 26.3 Å². The number of carbonyl (C=O) groups excluding carboxylic acids is 1. The minimum absolute atomic E-state index is 0.111. The normalized spacial score (nSPS) is 12.2. The lowest BCUT2D eigenvalue weighted by molar-refractivity contribution is -0.384. The van der Waals surface area contributed by atoms with Gasteiger partial charge in [-0.05, 0) is 25.5 Å². The molecule has 0 aliphatic rings. The summed E-state index contributed by atoms with van der Waals surface area (Å²) in [6.45, 7) is 4.05. The van der Waals surface area contributed by atoms with E-state index in [1.54, 1.807) is 7.05 Å². The fraction of sp³-hybridized carbons (Fsp3) is 0.462. The molecule has 0 bridgehead atoms. The first-order valence-corrected chi connectivity index (χ1v) is 6.65. The van der Waals surface area contributed by atoms with E-state index in [9.17, 15) is 14.9 Å². The van der Waals surface area contributed by atoms with Crippen molar-refractivity contribution < 1.29 is 9.72 Å². The first-order valence-electron chi connectivity index (χ1n) is 6.27. The molecule has 0 aliphatic carbocycles. The van der Waals surface area contributed by atoms with E-state index in [-0.39, 0.29) is 22.7 Å². The van der Waals surface area contributed by atoms with E-state index in [0.29, 0.717) is 18.0 Å². The Bertz CT molecular complexity index is 506. The Kier molecular flexibility index (Phi) is 5.91. The zero-order valence-corrected chi connectivity index (χ0v) is 12.4. The highest BCUT2D eigenvalue weighted by atomic mass is 35.5. The minimum atomic E-state index is -0.535. The van der Waals surface area contributed by atoms with Crippen molar-refractivity contribution >= 4 is 28.9 Å². The number of benzene rings is 1. The van der Waals surface area contributed by atoms with Crippen LogP contribution < -0.4 is 10.6 Å². The summed E-state index contributed by atoms with van der Waals surface area (Å²) in [6.07, 6.45) is 0.687. The van der Waals surface area contributed by atoms with Gasteiger partial charge in [0, 0.05) is 12.1 Å². The predicted molar refractivity (Wildman–Crippen MR) is 79.0 cm³/mol. The highest BCUT2D eigenvalue weighted by Gasteiger charge is 2.19. The van der Waals surface area contributed by atoms with E-state index in [2.05, 4.69) is 10.6 Å². The van der Waals surface area contributed by atoms with Gasteiger partial charge >= 0.3 is 0 Å². The highest BCUT2D eigenvalue weighted by molar-refractivity contribution is 6.34. The lowest BCUT2D eigenvalue weighted by atomic mass is 10.0. The lowest BCUT2D eigenvalue weighted by Gasteiger charge is -2.18. The van der Waals surface area contributed by atoms with Gasteiger partial charge in [0.05, 0.1) is 21.7 Å². The van der Waals surface area contributed by atoms with Crippen LogP contribution in [-0.2, 0) is 4.79 Å². The monoisotopic (exact) mass is 299 g/mol. The molecule has 1 rings (SSSR count). The molecule has 1 unspecified atom stereocenters. The molecule has 1 amide bonds. The van der Waals surface area contributed by atoms with Crippen LogP contribution in [0.25, 0.3) is 0 Å². The average Bonchev–Trinajstić information content (AvgIpc) is 2.37. The van der Waals surface area contributed by atoms with Gasteiger partial charge in [-0.25, -0.2) is 0 Å². The third kappa shape index (κ3) is 4.47. The molecule has 0 radical (unpaired) electrons. The third-order valence-corrected chi connectivity index (χ3v) is 3.11. The number of nitrogens with one attached hydrogen (secondary N) is 2. The summed E-state index contributed by atoms with van der Waals surface area (Å²) in [5.41, 5.74) is 0.256. The Morgan fingerprint density at radius 2 is 2.10 bits per heavy atom. The molecule has 0 saturated carbocycles. The number of halogens is 1. The molecule has 0 aromatic heterocycles. The predicted octanol–water partition coefficient (Wildman–Crippen LogP) is 2.82. The summed E-state index contributed by atoms with van der Waals surface area (Å²) in [7, 11) is 1.71. The van der Waals surface area contributed by atoms with Gasteiger partial charge in [0.15, 0.2) is 0 Å². The van der Waals surface area contributed by atoms with Gasteiger partial charge in [-0.1, -0.05) is 25.4 Å². The number of anilines is 1. The fourth-order valence-corrected chi connectivity index (χ4v) is 1.99. The Labute approximate surface area is 122 Å². The van der Waals surface area contributed by atoms with Gasteiger partial charge in [0.1, 0.15) is 0 Å². The Balaban J connectivity index is 2.82. The molecule has 0 heterocycles. The van der Waals surface area contributed by atoms with Crippen molar-refractivity contribution in [1.82, 2.24) is 5.32 Å². The molecule has 0 aliphatic heterocycles. The van der Waals surface area contributed by atoms with Crippen LogP contribution in [0.2, 0.25) is 5.02 Å². The average molecular weight is 300 g/mol. The molecular weight excluding hydrogens is 282 g/mol. The van der Waals surface area contributed by atoms with Gasteiger partial charge in [0.25, 0.3) is 5.69 Å². The number of carbonyl (C=O) groups is 1. The highest BCUT2D eigenvalue weighted by Crippen LogP contribution is 2.26. The summed E-state index contributed by atoms with van der Waals surface area (Å²) in [5.74, 6) is 0.155. The maximum Gasteiger partial charge on any atom is 0.271 e. The topological polar surface area (TPSA) is 84.3 Å². The molecule has 1 atom stereocenters. The molecule has 1 aromatic carbocycles. The van der Waals surface area contributed by atoms with E-state index in [0.717, 1.165) is 0 Å². The number of non-ortho nitro benzene ring substituents is 1. The van der Waals surface area contributed by atoms with Gasteiger partial charge in [-0.2, -0.15) is 0 Å². The van der Waals surface area contributed by atoms with Gasteiger partial charge in [-0.15, -0.1) is 0 Å². The smallest absolute Gasteiger partial charge is 0.271 e. The molecule has 7 heteroatoms. The Hall–Kier alpha value is -1.66. The van der Waals surface area contributed by atoms with Crippen LogP contribution in [0.1, 0.15) is 20.3 Å². The van der Waals surface area contributed by atoms with Crippen LogP contribution >= 0.6 is 11.6 Å². The number of rotatable bonds is 6. The van der Waals surface area contributed by atoms with Crippen molar-refractivity contribution in [3.63, 3.8) is 0 Å². The first kappa shape index (κ1) is 16.4. The van der Waals surface area contributed by atoms with Gasteiger partial charge in [0.2, 0.25) is 5.91 Å². The SMILES string of the molecule is CNC(CC(C)C)C(=O)Nc1ccc([N+](=O)[O-])cc1Cl. The lowest BCUT2D eigenvalue weighted by Crippen LogP contribution is -2.39. The molecule has 110 valence electrons. The molecular formula is C13H18ClN3O3. The largest absolute Gasteiger partial charge is 0.323 e. The zero-order valence-electron chi connectivity index (χ0n) is 11.6. The van der Waals surface area contributed by atoms with Crippen molar-refractivity contribution in [2.75, 3.05) is 12.4 Å². The minimum Gasteiger partial charge on any atom is -0.323 e. The van der Waals surface area contributed by atoms with E-state index in [1.807, 2.05) is 13.8 Å². The van der Waals surface area contributed by atoms with E-state index < -0.39 is 4.92 Å². The van der Waals surface area contributed by atoms with E-state index in [4.69, 9.17) is 11.6 Å². The van der Waals surface area contributed by atoms with Gasteiger partial charge in [-0.3, -0.25) is 14.9 Å². The summed E-state index contributed by atoms with van der Waals surface area (Å²) in [6, 6.07) is 3.62. The van der Waals surface area contributed by atoms with E-state index >= 15 is 0 Å². The quantitative estimate of drug-likeness (QED) is 0.625. The van der Waals surface area contributed by atoms with Crippen LogP contribution in [0.4, 0.5) is 11.4 Å². The maximum absolute atomic E-state index is 12.1. The van der Waals surface area contributed by atoms with E-state index in [1.165, 1.54) is 18.2 Å². The van der Waals surface area contributed by atoms with Crippen molar-refractivity contribution in [2.24, 2.45) is 5.92 Å². The van der Waals surface area contributed by atoms with Crippen LogP contribution in [0.3, 0.4) is 0 Å². The molecule has 20 heavy (non-hydrogen) atoms. The Morgan fingerprint density at radius 3 is 2.55 bits per heavy atom. The molecule has 0 saturated heterocycles. The summed E-state index contributed by atoms with van der Waals surface area (Å²) in [4.78, 5) is 22.2. The second-order valence-corrected chi connectivity index (χ2v) is 5.29.